The Labute approximate surface area is 86.5 Å². The Hall–Kier alpha value is -0.160. The predicted octanol–water partition coefficient (Wildman–Crippen LogP) is 1.44. The average molecular weight is 206 g/mol. The van der Waals surface area contributed by atoms with Crippen LogP contribution in [0.15, 0.2) is 0 Å². The van der Waals surface area contributed by atoms with Gasteiger partial charge in [-0.05, 0) is 20.3 Å². The fourth-order valence-corrected chi connectivity index (χ4v) is 1.00. The van der Waals surface area contributed by atoms with Crippen LogP contribution in [0.3, 0.4) is 0 Å². The van der Waals surface area contributed by atoms with E-state index in [0.717, 1.165) is 13.0 Å². The summed E-state index contributed by atoms with van der Waals surface area (Å²) in [7, 11) is 1.68. The lowest BCUT2D eigenvalue weighted by atomic mass is 10.5. The maximum atomic E-state index is 5.37. The van der Waals surface area contributed by atoms with Crippen LogP contribution in [0.4, 0.5) is 0 Å². The first-order valence-corrected chi connectivity index (χ1v) is 5.15. The van der Waals surface area contributed by atoms with Gasteiger partial charge in [0, 0.05) is 33.5 Å². The number of methoxy groups -OCH3 is 1. The van der Waals surface area contributed by atoms with Crippen molar-refractivity contribution in [1.82, 2.24) is 0 Å². The zero-order valence-corrected chi connectivity index (χ0v) is 9.45. The molecule has 4 heteroatoms. The smallest absolute Gasteiger partial charge is 0.180 e. The molecule has 0 rings (SSSR count). The molecule has 0 heterocycles. The normalized spacial score (nSPS) is 11.1. The molecule has 0 aliphatic carbocycles. The fourth-order valence-electron chi connectivity index (χ4n) is 1.00. The predicted molar refractivity (Wildman–Crippen MR) is 54.4 cm³/mol. The Morgan fingerprint density at radius 1 is 1.00 bits per heavy atom. The van der Waals surface area contributed by atoms with Crippen molar-refractivity contribution in [2.45, 2.75) is 26.6 Å². The zero-order valence-electron chi connectivity index (χ0n) is 9.45. The molecule has 0 N–H and O–H groups in total. The molecule has 0 aromatic rings. The molecule has 0 spiro atoms. The van der Waals surface area contributed by atoms with E-state index in [1.165, 1.54) is 0 Å². The Kier molecular flexibility index (Phi) is 10.8. The molecule has 4 nitrogen and oxygen atoms in total. The first-order chi connectivity index (χ1) is 6.85. The van der Waals surface area contributed by atoms with Gasteiger partial charge in [-0.25, -0.2) is 0 Å². The lowest BCUT2D eigenvalue weighted by Gasteiger charge is -2.16. The van der Waals surface area contributed by atoms with Gasteiger partial charge in [-0.1, -0.05) is 0 Å². The summed E-state index contributed by atoms with van der Waals surface area (Å²) in [6.45, 7) is 7.08. The van der Waals surface area contributed by atoms with Crippen LogP contribution in [0.2, 0.25) is 0 Å². The number of ether oxygens (including phenoxy) is 4. The summed E-state index contributed by atoms with van der Waals surface area (Å²) in [5.41, 5.74) is 0. The van der Waals surface area contributed by atoms with E-state index in [1.807, 2.05) is 13.8 Å². The molecule has 0 amide bonds. The third-order valence-corrected chi connectivity index (χ3v) is 1.60. The second-order valence-corrected chi connectivity index (χ2v) is 2.76. The van der Waals surface area contributed by atoms with Gasteiger partial charge in [-0.2, -0.15) is 0 Å². The standard InChI is InChI=1S/C10H22O4/c1-4-13-10(14-5-2)9-12-8-6-7-11-3/h10H,4-9H2,1-3H3. The molecule has 0 fully saturated rings. The van der Waals surface area contributed by atoms with Crippen LogP contribution in [0.5, 0.6) is 0 Å². The molecule has 0 bridgehead atoms. The van der Waals surface area contributed by atoms with Crippen molar-refractivity contribution < 1.29 is 18.9 Å². The van der Waals surface area contributed by atoms with Gasteiger partial charge in [0.05, 0.1) is 6.61 Å². The minimum atomic E-state index is -0.229. The highest BCUT2D eigenvalue weighted by Gasteiger charge is 2.06. The summed E-state index contributed by atoms with van der Waals surface area (Å²) in [6, 6.07) is 0. The van der Waals surface area contributed by atoms with Gasteiger partial charge in [0.1, 0.15) is 0 Å². The summed E-state index contributed by atoms with van der Waals surface area (Å²) in [6.07, 6.45) is 0.675. The molecule has 0 saturated heterocycles. The lowest BCUT2D eigenvalue weighted by Crippen LogP contribution is -2.24. The Balaban J connectivity index is 3.30. The Bertz CT molecular complexity index is 102. The first-order valence-electron chi connectivity index (χ1n) is 5.15. The van der Waals surface area contributed by atoms with Crippen LogP contribution < -0.4 is 0 Å². The minimum Gasteiger partial charge on any atom is -0.385 e. The van der Waals surface area contributed by atoms with Gasteiger partial charge >= 0.3 is 0 Å². The maximum Gasteiger partial charge on any atom is 0.180 e. The molecular formula is C10H22O4. The lowest BCUT2D eigenvalue weighted by molar-refractivity contribution is -0.167. The van der Waals surface area contributed by atoms with E-state index in [-0.39, 0.29) is 6.29 Å². The monoisotopic (exact) mass is 206 g/mol. The van der Waals surface area contributed by atoms with E-state index >= 15 is 0 Å². The van der Waals surface area contributed by atoms with E-state index in [0.29, 0.717) is 26.4 Å². The van der Waals surface area contributed by atoms with Crippen LogP contribution in [0, 0.1) is 0 Å². The molecule has 14 heavy (non-hydrogen) atoms. The third-order valence-electron chi connectivity index (χ3n) is 1.60. The Morgan fingerprint density at radius 2 is 1.64 bits per heavy atom. The topological polar surface area (TPSA) is 36.9 Å². The van der Waals surface area contributed by atoms with Crippen molar-refractivity contribution in [2.24, 2.45) is 0 Å². The fraction of sp³-hybridized carbons (Fsp3) is 1.00. The van der Waals surface area contributed by atoms with E-state index < -0.39 is 0 Å². The molecule has 0 unspecified atom stereocenters. The van der Waals surface area contributed by atoms with E-state index in [2.05, 4.69) is 0 Å². The zero-order chi connectivity index (χ0) is 10.6. The van der Waals surface area contributed by atoms with Crippen LogP contribution in [-0.4, -0.2) is 46.4 Å². The molecule has 0 aliphatic rings. The summed E-state index contributed by atoms with van der Waals surface area (Å²) < 4.78 is 20.9. The van der Waals surface area contributed by atoms with Gasteiger partial charge < -0.3 is 18.9 Å². The molecule has 0 aromatic carbocycles. The molecule has 0 atom stereocenters. The van der Waals surface area contributed by atoms with Crippen LogP contribution in [0.25, 0.3) is 0 Å². The van der Waals surface area contributed by atoms with Crippen molar-refractivity contribution in [1.29, 1.82) is 0 Å². The average Bonchev–Trinajstić information content (AvgIpc) is 2.18. The van der Waals surface area contributed by atoms with Crippen LogP contribution >= 0.6 is 0 Å². The molecule has 0 aromatic heterocycles. The van der Waals surface area contributed by atoms with Gasteiger partial charge in [0.25, 0.3) is 0 Å². The van der Waals surface area contributed by atoms with Gasteiger partial charge in [-0.3, -0.25) is 0 Å². The van der Waals surface area contributed by atoms with E-state index in [9.17, 15) is 0 Å². The number of hydrogen-bond donors (Lipinski definition) is 0. The van der Waals surface area contributed by atoms with E-state index in [4.69, 9.17) is 18.9 Å². The maximum absolute atomic E-state index is 5.37. The summed E-state index contributed by atoms with van der Waals surface area (Å²) in [4.78, 5) is 0. The number of hydrogen-bond acceptors (Lipinski definition) is 4. The van der Waals surface area contributed by atoms with Gasteiger partial charge in [-0.15, -0.1) is 0 Å². The quantitative estimate of drug-likeness (QED) is 0.400. The largest absolute Gasteiger partial charge is 0.385 e. The molecule has 86 valence electrons. The highest BCUT2D eigenvalue weighted by Crippen LogP contribution is 1.96. The highest BCUT2D eigenvalue weighted by molar-refractivity contribution is 4.42. The van der Waals surface area contributed by atoms with Crippen molar-refractivity contribution >= 4 is 0 Å². The van der Waals surface area contributed by atoms with Gasteiger partial charge in [0.15, 0.2) is 6.29 Å². The summed E-state index contributed by atoms with van der Waals surface area (Å²) >= 11 is 0. The van der Waals surface area contributed by atoms with Crippen molar-refractivity contribution in [3.8, 4) is 0 Å². The van der Waals surface area contributed by atoms with E-state index in [1.54, 1.807) is 7.11 Å². The Morgan fingerprint density at radius 3 is 2.14 bits per heavy atom. The second-order valence-electron chi connectivity index (χ2n) is 2.76. The second kappa shape index (κ2) is 10.9. The molecule has 0 aliphatic heterocycles. The highest BCUT2D eigenvalue weighted by atomic mass is 16.7. The number of rotatable bonds is 10. The van der Waals surface area contributed by atoms with Crippen LogP contribution in [0.1, 0.15) is 20.3 Å². The third kappa shape index (κ3) is 8.44. The van der Waals surface area contributed by atoms with Crippen molar-refractivity contribution in [3.05, 3.63) is 0 Å². The van der Waals surface area contributed by atoms with Crippen molar-refractivity contribution in [2.75, 3.05) is 40.1 Å². The molecule has 0 radical (unpaired) electrons. The van der Waals surface area contributed by atoms with Gasteiger partial charge in [0.2, 0.25) is 0 Å². The summed E-state index contributed by atoms with van der Waals surface area (Å²) in [5, 5.41) is 0. The summed E-state index contributed by atoms with van der Waals surface area (Å²) in [5.74, 6) is 0. The van der Waals surface area contributed by atoms with Crippen molar-refractivity contribution in [3.63, 3.8) is 0 Å². The first kappa shape index (κ1) is 13.8. The molecular weight excluding hydrogens is 184 g/mol. The minimum absolute atomic E-state index is 0.229. The SMILES string of the molecule is CCOC(COCCCOC)OCC. The van der Waals surface area contributed by atoms with Crippen LogP contribution in [-0.2, 0) is 18.9 Å². The molecule has 0 saturated carbocycles.